The molecule has 1 amide bonds. The van der Waals surface area contributed by atoms with Crippen LogP contribution in [-0.2, 0) is 16.1 Å². The molecule has 6 heteroatoms. The molecule has 0 radical (unpaired) electrons. The van der Waals surface area contributed by atoms with Crippen LogP contribution in [0.1, 0.15) is 12.5 Å². The van der Waals surface area contributed by atoms with Gasteiger partial charge in [0.25, 0.3) is 0 Å². The van der Waals surface area contributed by atoms with Gasteiger partial charge in [-0.3, -0.25) is 4.79 Å². The van der Waals surface area contributed by atoms with Crippen LogP contribution in [-0.4, -0.2) is 35.2 Å². The molecule has 5 nitrogen and oxygen atoms in total. The van der Waals surface area contributed by atoms with Crippen molar-refractivity contribution >= 4 is 34.0 Å². The molecule has 1 unspecified atom stereocenters. The quantitative estimate of drug-likeness (QED) is 0.792. The molecule has 1 heterocycles. The topological polar surface area (TPSA) is 69.3 Å². The van der Waals surface area contributed by atoms with E-state index in [1.165, 1.54) is 0 Å². The lowest BCUT2D eigenvalue weighted by molar-refractivity contribution is -0.122. The summed E-state index contributed by atoms with van der Waals surface area (Å²) in [7, 11) is 1.61. The number of nitrogens with zero attached hydrogens (tertiary/aromatic N) is 1. The highest BCUT2D eigenvalue weighted by molar-refractivity contribution is 7.80. The van der Waals surface area contributed by atoms with Crippen LogP contribution >= 0.6 is 12.2 Å². The molecule has 1 aromatic heterocycles. The van der Waals surface area contributed by atoms with Crippen molar-refractivity contribution < 1.29 is 9.53 Å². The third kappa shape index (κ3) is 3.80. The number of amides is 1. The Morgan fingerprint density at radius 2 is 2.24 bits per heavy atom. The Morgan fingerprint density at radius 1 is 1.48 bits per heavy atom. The third-order valence-corrected chi connectivity index (χ3v) is 3.43. The predicted molar refractivity (Wildman–Crippen MR) is 87.3 cm³/mol. The zero-order valence-electron chi connectivity index (χ0n) is 12.1. The van der Waals surface area contributed by atoms with Crippen LogP contribution in [0, 0.1) is 0 Å². The van der Waals surface area contributed by atoms with E-state index in [2.05, 4.69) is 5.32 Å². The number of hydrogen-bond acceptors (Lipinski definition) is 3. The second-order valence-corrected chi connectivity index (χ2v) is 5.45. The van der Waals surface area contributed by atoms with Gasteiger partial charge in [-0.05, 0) is 24.4 Å². The smallest absolute Gasteiger partial charge is 0.240 e. The van der Waals surface area contributed by atoms with E-state index >= 15 is 0 Å². The molecule has 0 saturated carbocycles. The van der Waals surface area contributed by atoms with E-state index in [9.17, 15) is 4.79 Å². The summed E-state index contributed by atoms with van der Waals surface area (Å²) in [5, 5.41) is 3.93. The number of hydrogen-bond donors (Lipinski definition) is 2. The highest BCUT2D eigenvalue weighted by Crippen LogP contribution is 2.17. The number of rotatable bonds is 6. The maximum atomic E-state index is 12.0. The minimum atomic E-state index is -0.0576. The Hall–Kier alpha value is -1.92. The van der Waals surface area contributed by atoms with E-state index in [0.717, 1.165) is 16.5 Å². The molecule has 0 spiro atoms. The largest absolute Gasteiger partial charge is 0.389 e. The molecule has 0 bridgehead atoms. The van der Waals surface area contributed by atoms with Gasteiger partial charge < -0.3 is 20.4 Å². The number of carbonyl (C=O) groups excluding carboxylic acids is 1. The Balaban J connectivity index is 2.16. The van der Waals surface area contributed by atoms with E-state index in [-0.39, 0.29) is 18.5 Å². The first kappa shape index (κ1) is 15.5. The average Bonchev–Trinajstić information content (AvgIpc) is 2.81. The van der Waals surface area contributed by atoms with Gasteiger partial charge in [0, 0.05) is 30.4 Å². The Labute approximate surface area is 129 Å². The van der Waals surface area contributed by atoms with Crippen molar-refractivity contribution in [3.05, 3.63) is 36.0 Å². The third-order valence-electron chi connectivity index (χ3n) is 3.20. The summed E-state index contributed by atoms with van der Waals surface area (Å²) in [4.78, 5) is 12.4. The van der Waals surface area contributed by atoms with Gasteiger partial charge >= 0.3 is 0 Å². The van der Waals surface area contributed by atoms with Gasteiger partial charge in [0.05, 0.1) is 6.61 Å². The number of thiocarbonyl (C=S) groups is 1. The summed E-state index contributed by atoms with van der Waals surface area (Å²) in [6, 6.07) is 7.69. The molecule has 0 aliphatic heterocycles. The van der Waals surface area contributed by atoms with Crippen LogP contribution in [0.25, 0.3) is 10.9 Å². The lowest BCUT2D eigenvalue weighted by Gasteiger charge is -2.13. The second kappa shape index (κ2) is 6.69. The molecule has 1 atom stereocenters. The number of carbonyl (C=O) groups is 1. The van der Waals surface area contributed by atoms with Gasteiger partial charge in [0.2, 0.25) is 5.91 Å². The maximum absolute atomic E-state index is 12.0. The molecule has 112 valence electrons. The first-order valence-electron chi connectivity index (χ1n) is 6.68. The summed E-state index contributed by atoms with van der Waals surface area (Å²) in [5.74, 6) is -0.0576. The van der Waals surface area contributed by atoms with E-state index < -0.39 is 0 Å². The van der Waals surface area contributed by atoms with Crippen molar-refractivity contribution in [2.24, 2.45) is 5.73 Å². The lowest BCUT2D eigenvalue weighted by Crippen LogP contribution is -2.37. The van der Waals surface area contributed by atoms with Crippen LogP contribution in [0.15, 0.2) is 30.5 Å². The molecule has 0 aliphatic carbocycles. The number of benzene rings is 1. The fraction of sp³-hybridized carbons (Fsp3) is 0.333. The minimum absolute atomic E-state index is 0.0171. The second-order valence-electron chi connectivity index (χ2n) is 5.01. The van der Waals surface area contributed by atoms with Crippen LogP contribution in [0.4, 0.5) is 0 Å². The highest BCUT2D eigenvalue weighted by atomic mass is 32.1. The zero-order chi connectivity index (χ0) is 15.4. The van der Waals surface area contributed by atoms with Crippen molar-refractivity contribution in [2.45, 2.75) is 19.5 Å². The van der Waals surface area contributed by atoms with Gasteiger partial charge in [0.1, 0.15) is 11.5 Å². The van der Waals surface area contributed by atoms with Crippen molar-refractivity contribution in [3.8, 4) is 0 Å². The standard InChI is InChI=1S/C15H19N3O2S/c1-10(9-20-2)17-14(19)8-18-6-5-11-3-4-12(15(16)21)7-13(11)18/h3-7,10H,8-9H2,1-2H3,(H2,16,21)(H,17,19). The van der Waals surface area contributed by atoms with Gasteiger partial charge in [-0.15, -0.1) is 0 Å². The van der Waals surface area contributed by atoms with Gasteiger partial charge in [0.15, 0.2) is 0 Å². The van der Waals surface area contributed by atoms with Crippen LogP contribution < -0.4 is 11.1 Å². The SMILES string of the molecule is COCC(C)NC(=O)Cn1ccc2ccc(C(N)=S)cc21. The Kier molecular flexibility index (Phi) is 4.93. The van der Waals surface area contributed by atoms with Gasteiger partial charge in [-0.2, -0.15) is 0 Å². The Morgan fingerprint density at radius 3 is 2.90 bits per heavy atom. The van der Waals surface area contributed by atoms with Crippen molar-refractivity contribution in [1.82, 2.24) is 9.88 Å². The van der Waals surface area contributed by atoms with Crippen molar-refractivity contribution in [3.63, 3.8) is 0 Å². The molecule has 0 saturated heterocycles. The fourth-order valence-corrected chi connectivity index (χ4v) is 2.37. The van der Waals surface area contributed by atoms with Crippen LogP contribution in [0.5, 0.6) is 0 Å². The lowest BCUT2D eigenvalue weighted by atomic mass is 10.1. The molecule has 0 aliphatic rings. The molecule has 0 fully saturated rings. The number of nitrogens with one attached hydrogen (secondary N) is 1. The molecular weight excluding hydrogens is 286 g/mol. The van der Waals surface area contributed by atoms with Gasteiger partial charge in [-0.25, -0.2) is 0 Å². The van der Waals surface area contributed by atoms with E-state index in [1.54, 1.807) is 7.11 Å². The summed E-state index contributed by atoms with van der Waals surface area (Å²) in [6.07, 6.45) is 1.88. The number of methoxy groups -OCH3 is 1. The number of aromatic nitrogens is 1. The molecule has 21 heavy (non-hydrogen) atoms. The minimum Gasteiger partial charge on any atom is -0.389 e. The van der Waals surface area contributed by atoms with Gasteiger partial charge in [-0.1, -0.05) is 24.4 Å². The zero-order valence-corrected chi connectivity index (χ0v) is 12.9. The summed E-state index contributed by atoms with van der Waals surface area (Å²) in [6.45, 7) is 2.64. The average molecular weight is 305 g/mol. The summed E-state index contributed by atoms with van der Waals surface area (Å²) in [5.41, 5.74) is 7.39. The van der Waals surface area contributed by atoms with E-state index in [0.29, 0.717) is 11.6 Å². The molecule has 2 aromatic rings. The van der Waals surface area contributed by atoms with Crippen LogP contribution in [0.3, 0.4) is 0 Å². The predicted octanol–water partition coefficient (Wildman–Crippen LogP) is 1.43. The normalized spacial score (nSPS) is 12.3. The first-order chi connectivity index (χ1) is 10.0. The Bertz CT molecular complexity index is 666. The maximum Gasteiger partial charge on any atom is 0.240 e. The van der Waals surface area contributed by atoms with E-state index in [4.69, 9.17) is 22.7 Å². The molecule has 1 aromatic carbocycles. The van der Waals surface area contributed by atoms with Crippen LogP contribution in [0.2, 0.25) is 0 Å². The number of ether oxygens (including phenoxy) is 1. The first-order valence-corrected chi connectivity index (χ1v) is 7.09. The fourth-order valence-electron chi connectivity index (χ4n) is 2.24. The molecule has 3 N–H and O–H groups in total. The number of nitrogens with two attached hydrogens (primary N) is 1. The molecule has 2 rings (SSSR count). The summed E-state index contributed by atoms with van der Waals surface area (Å²) < 4.78 is 6.88. The van der Waals surface area contributed by atoms with E-state index in [1.807, 2.05) is 42.0 Å². The summed E-state index contributed by atoms with van der Waals surface area (Å²) >= 11 is 4.99. The van der Waals surface area contributed by atoms with Crippen molar-refractivity contribution in [1.29, 1.82) is 0 Å². The molecular formula is C15H19N3O2S. The number of fused-ring (bicyclic) bond motifs is 1. The monoisotopic (exact) mass is 305 g/mol. The van der Waals surface area contributed by atoms with Crippen molar-refractivity contribution in [2.75, 3.05) is 13.7 Å². The highest BCUT2D eigenvalue weighted by Gasteiger charge is 2.10.